The summed E-state index contributed by atoms with van der Waals surface area (Å²) in [5.41, 5.74) is 0. The van der Waals surface area contributed by atoms with Gasteiger partial charge in [-0.1, -0.05) is 6.92 Å². The number of carboxylic acids is 1. The molecule has 6 heteroatoms. The van der Waals surface area contributed by atoms with E-state index in [1.807, 2.05) is 6.92 Å². The van der Waals surface area contributed by atoms with Crippen LogP contribution in [-0.2, 0) is 14.3 Å². The molecule has 0 aromatic carbocycles. The van der Waals surface area contributed by atoms with E-state index in [9.17, 15) is 14.7 Å². The van der Waals surface area contributed by atoms with Crippen molar-refractivity contribution in [2.24, 2.45) is 11.8 Å². The van der Waals surface area contributed by atoms with E-state index in [0.717, 1.165) is 32.4 Å². The Balaban J connectivity index is 2.08. The summed E-state index contributed by atoms with van der Waals surface area (Å²) in [6.07, 6.45) is 2.51. The summed E-state index contributed by atoms with van der Waals surface area (Å²) in [6, 6.07) is -0.310. The van der Waals surface area contributed by atoms with Crippen LogP contribution in [0.15, 0.2) is 0 Å². The van der Waals surface area contributed by atoms with Crippen molar-refractivity contribution in [2.75, 3.05) is 32.8 Å². The van der Waals surface area contributed by atoms with Gasteiger partial charge in [0.25, 0.3) is 0 Å². The summed E-state index contributed by atoms with van der Waals surface area (Å²) in [5.74, 6) is -1.33. The van der Waals surface area contributed by atoms with Crippen LogP contribution in [0.1, 0.15) is 26.2 Å². The maximum Gasteiger partial charge on any atom is 0.311 e. The number of carbonyl (C=O) groups is 2. The number of piperidine rings is 1. The van der Waals surface area contributed by atoms with Crippen LogP contribution >= 0.6 is 0 Å². The summed E-state index contributed by atoms with van der Waals surface area (Å²) in [7, 11) is 0. The van der Waals surface area contributed by atoms with Gasteiger partial charge in [0, 0.05) is 12.5 Å². The Kier molecular flexibility index (Phi) is 5.37. The molecule has 2 rings (SSSR count). The van der Waals surface area contributed by atoms with Gasteiger partial charge in [-0.3, -0.25) is 9.59 Å². The fraction of sp³-hybridized carbons (Fsp3) is 0.857. The SMILES string of the molecule is CCCN(C(=O)C1CCNCC1)C1COCC1C(=O)O. The molecule has 2 N–H and O–H groups in total. The summed E-state index contributed by atoms with van der Waals surface area (Å²) in [5, 5.41) is 12.5. The number of carbonyl (C=O) groups excluding carboxylic acids is 1. The predicted octanol–water partition coefficient (Wildman–Crippen LogP) is 0.324. The number of carboxylic acid groups (broad SMARTS) is 1. The molecule has 2 fully saturated rings. The minimum atomic E-state index is -0.869. The smallest absolute Gasteiger partial charge is 0.311 e. The van der Waals surface area contributed by atoms with E-state index in [-0.39, 0.29) is 24.5 Å². The molecule has 2 aliphatic heterocycles. The standard InChI is InChI=1S/C14H24N2O4/c1-2-7-16(12-9-20-8-11(12)14(18)19)13(17)10-3-5-15-6-4-10/h10-12,15H,2-9H2,1H3,(H,18,19). The van der Waals surface area contributed by atoms with Crippen LogP contribution in [0.25, 0.3) is 0 Å². The fourth-order valence-electron chi connectivity index (χ4n) is 3.07. The zero-order valence-corrected chi connectivity index (χ0v) is 12.0. The molecule has 114 valence electrons. The Morgan fingerprint density at radius 1 is 1.30 bits per heavy atom. The van der Waals surface area contributed by atoms with E-state index in [4.69, 9.17) is 4.74 Å². The predicted molar refractivity (Wildman–Crippen MR) is 73.3 cm³/mol. The number of aliphatic carboxylic acids is 1. The van der Waals surface area contributed by atoms with E-state index in [1.165, 1.54) is 0 Å². The van der Waals surface area contributed by atoms with Crippen LogP contribution in [0.2, 0.25) is 0 Å². The summed E-state index contributed by atoms with van der Waals surface area (Å²) >= 11 is 0. The van der Waals surface area contributed by atoms with Crippen LogP contribution in [0.5, 0.6) is 0 Å². The van der Waals surface area contributed by atoms with E-state index in [1.54, 1.807) is 4.90 Å². The fourth-order valence-corrected chi connectivity index (χ4v) is 3.07. The lowest BCUT2D eigenvalue weighted by molar-refractivity contribution is -0.146. The highest BCUT2D eigenvalue weighted by molar-refractivity contribution is 5.81. The number of nitrogens with zero attached hydrogens (tertiary/aromatic N) is 1. The quantitative estimate of drug-likeness (QED) is 0.760. The van der Waals surface area contributed by atoms with Crippen LogP contribution in [-0.4, -0.2) is 60.8 Å². The van der Waals surface area contributed by atoms with Gasteiger partial charge in [0.05, 0.1) is 19.3 Å². The average molecular weight is 284 g/mol. The van der Waals surface area contributed by atoms with Gasteiger partial charge in [0.15, 0.2) is 0 Å². The number of rotatable bonds is 5. The second-order valence-electron chi connectivity index (χ2n) is 5.61. The van der Waals surface area contributed by atoms with Crippen molar-refractivity contribution in [1.29, 1.82) is 0 Å². The molecule has 0 saturated carbocycles. The first-order valence-corrected chi connectivity index (χ1v) is 7.47. The van der Waals surface area contributed by atoms with E-state index in [0.29, 0.717) is 13.2 Å². The molecule has 0 aliphatic carbocycles. The number of hydrogen-bond donors (Lipinski definition) is 2. The first-order chi connectivity index (χ1) is 9.65. The molecule has 0 aromatic heterocycles. The molecule has 2 saturated heterocycles. The van der Waals surface area contributed by atoms with Gasteiger partial charge in [-0.2, -0.15) is 0 Å². The zero-order valence-electron chi connectivity index (χ0n) is 12.0. The number of nitrogens with one attached hydrogen (secondary N) is 1. The molecule has 20 heavy (non-hydrogen) atoms. The Labute approximate surface area is 119 Å². The van der Waals surface area contributed by atoms with Crippen molar-refractivity contribution in [1.82, 2.24) is 10.2 Å². The monoisotopic (exact) mass is 284 g/mol. The molecular formula is C14H24N2O4. The third-order valence-corrected chi connectivity index (χ3v) is 4.20. The first-order valence-electron chi connectivity index (χ1n) is 7.47. The highest BCUT2D eigenvalue weighted by Crippen LogP contribution is 2.24. The van der Waals surface area contributed by atoms with Gasteiger partial charge >= 0.3 is 5.97 Å². The third-order valence-electron chi connectivity index (χ3n) is 4.20. The maximum absolute atomic E-state index is 12.7. The van der Waals surface area contributed by atoms with Crippen LogP contribution in [0.3, 0.4) is 0 Å². The molecule has 6 nitrogen and oxygen atoms in total. The summed E-state index contributed by atoms with van der Waals surface area (Å²) in [6.45, 7) is 4.89. The Hall–Kier alpha value is -1.14. The minimum absolute atomic E-state index is 0.0258. The molecule has 0 bridgehead atoms. The molecule has 2 unspecified atom stereocenters. The maximum atomic E-state index is 12.7. The molecule has 0 aromatic rings. The molecule has 2 aliphatic rings. The lowest BCUT2D eigenvalue weighted by Crippen LogP contribution is -2.50. The van der Waals surface area contributed by atoms with E-state index in [2.05, 4.69) is 5.32 Å². The van der Waals surface area contributed by atoms with Gasteiger partial charge in [-0.25, -0.2) is 0 Å². The third kappa shape index (κ3) is 3.30. The highest BCUT2D eigenvalue weighted by atomic mass is 16.5. The van der Waals surface area contributed by atoms with Gasteiger partial charge in [0.2, 0.25) is 5.91 Å². The van der Waals surface area contributed by atoms with Crippen molar-refractivity contribution in [2.45, 2.75) is 32.2 Å². The molecule has 1 amide bonds. The van der Waals surface area contributed by atoms with Gasteiger partial charge in [0.1, 0.15) is 5.92 Å². The first kappa shape index (κ1) is 15.3. The van der Waals surface area contributed by atoms with Crippen LogP contribution < -0.4 is 5.32 Å². The number of ether oxygens (including phenoxy) is 1. The van der Waals surface area contributed by atoms with E-state index < -0.39 is 11.9 Å². The number of amides is 1. The summed E-state index contributed by atoms with van der Waals surface area (Å²) < 4.78 is 5.31. The lowest BCUT2D eigenvalue weighted by atomic mass is 9.94. The summed E-state index contributed by atoms with van der Waals surface area (Å²) in [4.78, 5) is 25.8. The lowest BCUT2D eigenvalue weighted by Gasteiger charge is -2.34. The van der Waals surface area contributed by atoms with E-state index >= 15 is 0 Å². The van der Waals surface area contributed by atoms with Crippen molar-refractivity contribution in [3.63, 3.8) is 0 Å². The Morgan fingerprint density at radius 2 is 2.00 bits per heavy atom. The highest BCUT2D eigenvalue weighted by Gasteiger charge is 2.41. The molecule has 0 spiro atoms. The minimum Gasteiger partial charge on any atom is -0.481 e. The average Bonchev–Trinajstić information content (AvgIpc) is 2.94. The Bertz CT molecular complexity index is 355. The molecule has 0 radical (unpaired) electrons. The van der Waals surface area contributed by atoms with Gasteiger partial charge in [-0.05, 0) is 32.4 Å². The normalized spacial score (nSPS) is 27.4. The van der Waals surface area contributed by atoms with Gasteiger partial charge < -0.3 is 20.1 Å². The second kappa shape index (κ2) is 7.04. The van der Waals surface area contributed by atoms with Crippen molar-refractivity contribution >= 4 is 11.9 Å². The van der Waals surface area contributed by atoms with Crippen molar-refractivity contribution in [3.05, 3.63) is 0 Å². The molecular weight excluding hydrogens is 260 g/mol. The van der Waals surface area contributed by atoms with Crippen LogP contribution in [0.4, 0.5) is 0 Å². The van der Waals surface area contributed by atoms with Crippen LogP contribution in [0, 0.1) is 11.8 Å². The zero-order chi connectivity index (χ0) is 14.5. The Morgan fingerprint density at radius 3 is 2.60 bits per heavy atom. The topological polar surface area (TPSA) is 78.9 Å². The number of hydrogen-bond acceptors (Lipinski definition) is 4. The van der Waals surface area contributed by atoms with Crippen molar-refractivity contribution in [3.8, 4) is 0 Å². The second-order valence-corrected chi connectivity index (χ2v) is 5.61. The van der Waals surface area contributed by atoms with Gasteiger partial charge in [-0.15, -0.1) is 0 Å². The van der Waals surface area contributed by atoms with Crippen molar-refractivity contribution < 1.29 is 19.4 Å². The molecule has 2 atom stereocenters. The molecule has 2 heterocycles. The largest absolute Gasteiger partial charge is 0.481 e.